The number of rotatable bonds is 0. The van der Waals surface area contributed by atoms with E-state index in [9.17, 15) is 0 Å². The van der Waals surface area contributed by atoms with E-state index in [4.69, 9.17) is 2.74 Å². The highest BCUT2D eigenvalue weighted by molar-refractivity contribution is 5.86. The highest BCUT2D eigenvalue weighted by Crippen LogP contribution is 2.31. The van der Waals surface area contributed by atoms with E-state index in [0.717, 1.165) is 21.9 Å². The molecule has 0 heterocycles. The lowest BCUT2D eigenvalue weighted by atomic mass is 10.1. The van der Waals surface area contributed by atoms with Crippen molar-refractivity contribution in [2.75, 3.05) is 0 Å². The molecule has 0 bridgehead atoms. The molecule has 11 heavy (non-hydrogen) atoms. The summed E-state index contributed by atoms with van der Waals surface area (Å²) < 4.78 is 15.2. The second-order valence-electron chi connectivity index (χ2n) is 2.87. The van der Waals surface area contributed by atoms with E-state index in [1.807, 2.05) is 36.4 Å². The van der Waals surface area contributed by atoms with Crippen LogP contribution in [-0.2, 0) is 6.37 Å². The topological polar surface area (TPSA) is 0 Å². The number of hydrogen-bond donors (Lipinski definition) is 0. The molecular weight excluding hydrogens is 132 g/mol. The Hall–Kier alpha value is -1.30. The van der Waals surface area contributed by atoms with Crippen molar-refractivity contribution in [2.45, 2.75) is 6.37 Å². The van der Waals surface area contributed by atoms with Gasteiger partial charge in [-0.3, -0.25) is 0 Å². The minimum Gasteiger partial charge on any atom is -0.0616 e. The molecule has 0 aliphatic heterocycles. The number of fused-ring (bicyclic) bond motifs is 2. The summed E-state index contributed by atoms with van der Waals surface area (Å²) in [6.07, 6.45) is -1.15. The molecule has 0 atom stereocenters. The largest absolute Gasteiger partial charge is 0.0616 e. The van der Waals surface area contributed by atoms with Crippen molar-refractivity contribution in [3.63, 3.8) is 0 Å². The van der Waals surface area contributed by atoms with Gasteiger partial charge in [0.25, 0.3) is 0 Å². The highest BCUT2D eigenvalue weighted by atomic mass is 14.2. The van der Waals surface area contributed by atoms with Gasteiger partial charge < -0.3 is 0 Å². The molecule has 0 saturated carbocycles. The molecule has 0 saturated heterocycles. The van der Waals surface area contributed by atoms with E-state index in [-0.39, 0.29) is 0 Å². The van der Waals surface area contributed by atoms with Crippen molar-refractivity contribution < 1.29 is 2.74 Å². The number of benzene rings is 2. The first-order valence-electron chi connectivity index (χ1n) is 4.73. The van der Waals surface area contributed by atoms with Crippen molar-refractivity contribution in [2.24, 2.45) is 0 Å². The summed E-state index contributed by atoms with van der Waals surface area (Å²) in [5, 5.41) is 2.25. The molecule has 0 N–H and O–H groups in total. The Kier molecular flexibility index (Phi) is 0.586. The second kappa shape index (κ2) is 1.65. The van der Waals surface area contributed by atoms with Crippen molar-refractivity contribution >= 4 is 10.8 Å². The highest BCUT2D eigenvalue weighted by Gasteiger charge is 2.15. The maximum absolute atomic E-state index is 7.61. The minimum absolute atomic E-state index is 0.853. The summed E-state index contributed by atoms with van der Waals surface area (Å²) in [5.74, 6) is 0. The van der Waals surface area contributed by atoms with Crippen LogP contribution in [0.4, 0.5) is 0 Å². The van der Waals surface area contributed by atoms with Gasteiger partial charge in [-0.15, -0.1) is 0 Å². The Morgan fingerprint density at radius 2 is 1.55 bits per heavy atom. The fourth-order valence-electron chi connectivity index (χ4n) is 1.43. The van der Waals surface area contributed by atoms with Gasteiger partial charge in [0.05, 0.1) is 0 Å². The van der Waals surface area contributed by atoms with Gasteiger partial charge in [0, 0.05) is 2.74 Å². The molecule has 2 aromatic carbocycles. The molecule has 0 fully saturated rings. The summed E-state index contributed by atoms with van der Waals surface area (Å²) in [5.41, 5.74) is 1.71. The molecule has 0 spiro atoms. The van der Waals surface area contributed by atoms with Gasteiger partial charge in [0.2, 0.25) is 0 Å². The van der Waals surface area contributed by atoms with Crippen molar-refractivity contribution in [3.8, 4) is 0 Å². The predicted octanol–water partition coefficient (Wildman–Crippen LogP) is 2.74. The molecule has 0 amide bonds. The fraction of sp³-hybridized carbons (Fsp3) is 0.0909. The summed E-state index contributed by atoms with van der Waals surface area (Å²) in [6, 6.07) is 11.9. The van der Waals surface area contributed by atoms with Crippen LogP contribution in [0.15, 0.2) is 36.4 Å². The van der Waals surface area contributed by atoms with Crippen LogP contribution in [0, 0.1) is 0 Å². The van der Waals surface area contributed by atoms with Gasteiger partial charge in [0.15, 0.2) is 0 Å². The van der Waals surface area contributed by atoms with E-state index < -0.39 is 6.37 Å². The van der Waals surface area contributed by atoms with Gasteiger partial charge in [-0.05, 0) is 28.3 Å². The quantitative estimate of drug-likeness (QED) is 0.530. The lowest BCUT2D eigenvalue weighted by Gasteiger charge is -1.92. The summed E-state index contributed by atoms with van der Waals surface area (Å²) >= 11 is 0. The van der Waals surface area contributed by atoms with Crippen LogP contribution in [0.2, 0.25) is 0 Å². The SMILES string of the molecule is [2H]C1([2H])c2cc3ccccc3cc21. The maximum atomic E-state index is 7.61. The van der Waals surface area contributed by atoms with Crippen molar-refractivity contribution in [1.82, 2.24) is 0 Å². The van der Waals surface area contributed by atoms with Crippen LogP contribution in [0.1, 0.15) is 13.9 Å². The first kappa shape index (κ1) is 3.91. The third kappa shape index (κ3) is 0.695. The molecule has 3 rings (SSSR count). The average molecular weight is 142 g/mol. The van der Waals surface area contributed by atoms with Gasteiger partial charge in [0.1, 0.15) is 0 Å². The van der Waals surface area contributed by atoms with E-state index in [2.05, 4.69) is 0 Å². The lowest BCUT2D eigenvalue weighted by Crippen LogP contribution is -1.67. The Balaban J connectivity index is 2.37. The average Bonchev–Trinajstić information content (AvgIpc) is 2.66. The second-order valence-corrected chi connectivity index (χ2v) is 2.87. The third-order valence-corrected chi connectivity index (χ3v) is 2.09. The van der Waals surface area contributed by atoms with E-state index in [1.165, 1.54) is 0 Å². The zero-order valence-electron chi connectivity index (χ0n) is 7.96. The Morgan fingerprint density at radius 3 is 2.09 bits per heavy atom. The van der Waals surface area contributed by atoms with E-state index in [0.29, 0.717) is 0 Å². The molecule has 0 heteroatoms. The third-order valence-electron chi connectivity index (χ3n) is 2.09. The smallest absolute Gasteiger partial charge is 0.0366 e. The maximum Gasteiger partial charge on any atom is 0.0366 e. The van der Waals surface area contributed by atoms with Crippen molar-refractivity contribution in [1.29, 1.82) is 0 Å². The molecule has 2 aromatic rings. The summed E-state index contributed by atoms with van der Waals surface area (Å²) in [4.78, 5) is 0. The summed E-state index contributed by atoms with van der Waals surface area (Å²) in [6.45, 7) is 0. The van der Waals surface area contributed by atoms with Crippen LogP contribution >= 0.6 is 0 Å². The normalized spacial score (nSPS) is 20.4. The Morgan fingerprint density at radius 1 is 1.00 bits per heavy atom. The lowest BCUT2D eigenvalue weighted by molar-refractivity contribution is 1.61. The molecule has 0 radical (unpaired) electrons. The Labute approximate surface area is 68.3 Å². The van der Waals surface area contributed by atoms with Crippen LogP contribution in [0.25, 0.3) is 10.8 Å². The van der Waals surface area contributed by atoms with Crippen LogP contribution in [0.5, 0.6) is 0 Å². The zero-order valence-corrected chi connectivity index (χ0v) is 5.96. The van der Waals surface area contributed by atoms with Gasteiger partial charge in [-0.1, -0.05) is 36.4 Å². The molecular formula is C11H8. The zero-order chi connectivity index (χ0) is 9.05. The van der Waals surface area contributed by atoms with Crippen LogP contribution < -0.4 is 0 Å². The Bertz CT molecular complexity index is 456. The first-order chi connectivity index (χ1) is 6.19. The molecule has 52 valence electrons. The molecule has 1 aliphatic rings. The monoisotopic (exact) mass is 142 g/mol. The predicted molar refractivity (Wildman–Crippen MR) is 46.8 cm³/mol. The van der Waals surface area contributed by atoms with Crippen LogP contribution in [0.3, 0.4) is 0 Å². The van der Waals surface area contributed by atoms with Gasteiger partial charge >= 0.3 is 0 Å². The van der Waals surface area contributed by atoms with E-state index >= 15 is 0 Å². The number of hydrogen-bond acceptors (Lipinski definition) is 0. The minimum atomic E-state index is -1.15. The fourth-order valence-corrected chi connectivity index (χ4v) is 1.43. The van der Waals surface area contributed by atoms with Crippen LogP contribution in [-0.4, -0.2) is 0 Å². The van der Waals surface area contributed by atoms with Gasteiger partial charge in [-0.2, -0.15) is 0 Å². The summed E-state index contributed by atoms with van der Waals surface area (Å²) in [7, 11) is 0. The molecule has 0 aromatic heterocycles. The molecule has 1 aliphatic carbocycles. The van der Waals surface area contributed by atoms with Gasteiger partial charge in [-0.25, -0.2) is 0 Å². The molecule has 0 nitrogen and oxygen atoms in total. The van der Waals surface area contributed by atoms with Crippen molar-refractivity contribution in [3.05, 3.63) is 47.5 Å². The van der Waals surface area contributed by atoms with E-state index in [1.54, 1.807) is 0 Å². The first-order valence-corrected chi connectivity index (χ1v) is 3.73. The molecule has 0 unspecified atom stereocenters. The standard InChI is InChI=1S/C11H8/c1-2-4-9-6-11-7-10(11)5-8(9)3-1/h1-6H,7H2/i7D2.